The van der Waals surface area contributed by atoms with Gasteiger partial charge in [0, 0.05) is 5.70 Å². The molecule has 0 aromatic rings. The summed E-state index contributed by atoms with van der Waals surface area (Å²) in [5.41, 5.74) is 9.97. The molecule has 0 fully saturated rings. The van der Waals surface area contributed by atoms with Crippen LogP contribution in [0.5, 0.6) is 0 Å². The van der Waals surface area contributed by atoms with Gasteiger partial charge < -0.3 is 5.43 Å². The molecule has 1 aliphatic heterocycles. The normalized spacial score (nSPS) is 26.6. The number of rotatable bonds is 1. The summed E-state index contributed by atoms with van der Waals surface area (Å²) in [5.74, 6) is 0. The Hall–Kier alpha value is -1.28. The average molecular weight is 188 g/mol. The first-order valence-corrected chi connectivity index (χ1v) is 5.02. The van der Waals surface area contributed by atoms with Crippen LogP contribution >= 0.6 is 0 Å². The van der Waals surface area contributed by atoms with Crippen LogP contribution in [0.25, 0.3) is 0 Å². The van der Waals surface area contributed by atoms with E-state index in [2.05, 4.69) is 48.7 Å². The summed E-state index contributed by atoms with van der Waals surface area (Å²) in [6.45, 7) is 5.99. The van der Waals surface area contributed by atoms with Gasteiger partial charge in [0.2, 0.25) is 0 Å². The molecule has 2 aliphatic rings. The van der Waals surface area contributed by atoms with Gasteiger partial charge >= 0.3 is 0 Å². The van der Waals surface area contributed by atoms with Crippen LogP contribution in [-0.4, -0.2) is 6.04 Å². The predicted molar refractivity (Wildman–Crippen MR) is 59.4 cm³/mol. The van der Waals surface area contributed by atoms with Crippen LogP contribution in [0.4, 0.5) is 0 Å². The minimum Gasteiger partial charge on any atom is -0.321 e. The Kier molecular flexibility index (Phi) is 2.55. The fraction of sp³-hybridized carbons (Fsp3) is 0.333. The molecule has 0 amide bonds. The molecule has 74 valence electrons. The molecule has 0 bridgehead atoms. The molecular weight excluding hydrogens is 172 g/mol. The Balaban J connectivity index is 2.16. The van der Waals surface area contributed by atoms with Gasteiger partial charge in [-0.05, 0) is 30.9 Å². The van der Waals surface area contributed by atoms with Crippen LogP contribution in [0.15, 0.2) is 47.7 Å². The van der Waals surface area contributed by atoms with Gasteiger partial charge in [0.1, 0.15) is 0 Å². The zero-order valence-corrected chi connectivity index (χ0v) is 8.51. The lowest BCUT2D eigenvalue weighted by Gasteiger charge is -2.27. The number of hydrogen-bond acceptors (Lipinski definition) is 2. The highest BCUT2D eigenvalue weighted by Crippen LogP contribution is 2.20. The smallest absolute Gasteiger partial charge is 0.0660 e. The van der Waals surface area contributed by atoms with Crippen molar-refractivity contribution in [2.45, 2.75) is 25.8 Å². The van der Waals surface area contributed by atoms with E-state index in [0.29, 0.717) is 6.04 Å². The van der Waals surface area contributed by atoms with Crippen LogP contribution in [0.3, 0.4) is 0 Å². The molecule has 0 aromatic carbocycles. The molecule has 0 radical (unpaired) electrons. The Labute approximate surface area is 85.1 Å². The van der Waals surface area contributed by atoms with E-state index in [1.807, 2.05) is 0 Å². The molecule has 1 heterocycles. The highest BCUT2D eigenvalue weighted by Gasteiger charge is 2.16. The zero-order valence-electron chi connectivity index (χ0n) is 8.51. The monoisotopic (exact) mass is 188 g/mol. The first kappa shape index (κ1) is 9.28. The largest absolute Gasteiger partial charge is 0.321 e. The van der Waals surface area contributed by atoms with Gasteiger partial charge in [-0.25, -0.2) is 5.43 Å². The molecular formula is C12H16N2. The number of nitrogens with one attached hydrogen (secondary N) is 2. The SMILES string of the molecule is C=C1NNC(C2=CC=CCC2)C=C1C. The molecule has 0 saturated heterocycles. The molecule has 0 spiro atoms. The standard InChI is InChI=1S/C12H16N2/c1-9-8-12(14-13-10(9)2)11-6-4-3-5-7-11/h3-4,6,8,12-14H,2,5,7H2,1H3. The second kappa shape index (κ2) is 3.84. The second-order valence-electron chi connectivity index (χ2n) is 3.78. The van der Waals surface area contributed by atoms with Crippen LogP contribution < -0.4 is 10.9 Å². The van der Waals surface area contributed by atoms with E-state index in [0.717, 1.165) is 18.5 Å². The van der Waals surface area contributed by atoms with Crippen LogP contribution in [-0.2, 0) is 0 Å². The maximum atomic E-state index is 3.90. The third-order valence-electron chi connectivity index (χ3n) is 2.72. The topological polar surface area (TPSA) is 24.1 Å². The van der Waals surface area contributed by atoms with Gasteiger partial charge in [-0.15, -0.1) is 0 Å². The van der Waals surface area contributed by atoms with E-state index in [1.54, 1.807) is 0 Å². The van der Waals surface area contributed by atoms with E-state index in [-0.39, 0.29) is 0 Å². The van der Waals surface area contributed by atoms with Crippen LogP contribution in [0.1, 0.15) is 19.8 Å². The van der Waals surface area contributed by atoms with E-state index in [1.165, 1.54) is 11.1 Å². The molecule has 2 rings (SSSR count). The van der Waals surface area contributed by atoms with Gasteiger partial charge in [0.15, 0.2) is 0 Å². The summed E-state index contributed by atoms with van der Waals surface area (Å²) >= 11 is 0. The Morgan fingerprint density at radius 1 is 1.50 bits per heavy atom. The van der Waals surface area contributed by atoms with Crippen molar-refractivity contribution in [3.63, 3.8) is 0 Å². The van der Waals surface area contributed by atoms with E-state index in [9.17, 15) is 0 Å². The fourth-order valence-electron chi connectivity index (χ4n) is 1.74. The summed E-state index contributed by atoms with van der Waals surface area (Å²) in [5, 5.41) is 0. The third-order valence-corrected chi connectivity index (χ3v) is 2.72. The molecule has 2 N–H and O–H groups in total. The predicted octanol–water partition coefficient (Wildman–Crippen LogP) is 2.20. The van der Waals surface area contributed by atoms with Gasteiger partial charge in [0.05, 0.1) is 6.04 Å². The number of allylic oxidation sites excluding steroid dienone is 4. The van der Waals surface area contributed by atoms with Gasteiger partial charge in [-0.3, -0.25) is 0 Å². The van der Waals surface area contributed by atoms with Crippen molar-refractivity contribution in [3.05, 3.63) is 47.7 Å². The average Bonchev–Trinajstić information content (AvgIpc) is 2.23. The van der Waals surface area contributed by atoms with Crippen molar-refractivity contribution < 1.29 is 0 Å². The molecule has 1 unspecified atom stereocenters. The summed E-state index contributed by atoms with van der Waals surface area (Å²) in [6, 6.07) is 0.324. The first-order valence-electron chi connectivity index (χ1n) is 5.02. The van der Waals surface area contributed by atoms with E-state index < -0.39 is 0 Å². The molecule has 1 atom stereocenters. The minimum atomic E-state index is 0.324. The fourth-order valence-corrected chi connectivity index (χ4v) is 1.74. The Morgan fingerprint density at radius 3 is 3.00 bits per heavy atom. The molecule has 1 aliphatic carbocycles. The highest BCUT2D eigenvalue weighted by molar-refractivity contribution is 5.35. The molecule has 0 saturated carbocycles. The number of hydrogen-bond donors (Lipinski definition) is 2. The van der Waals surface area contributed by atoms with Crippen molar-refractivity contribution in [2.24, 2.45) is 0 Å². The van der Waals surface area contributed by atoms with Crippen molar-refractivity contribution in [3.8, 4) is 0 Å². The maximum Gasteiger partial charge on any atom is 0.0660 e. The molecule has 2 heteroatoms. The lowest BCUT2D eigenvalue weighted by Crippen LogP contribution is -2.43. The Morgan fingerprint density at radius 2 is 2.36 bits per heavy atom. The van der Waals surface area contributed by atoms with Crippen molar-refractivity contribution in [2.75, 3.05) is 0 Å². The summed E-state index contributed by atoms with van der Waals surface area (Å²) in [7, 11) is 0. The van der Waals surface area contributed by atoms with Gasteiger partial charge in [0.25, 0.3) is 0 Å². The number of hydrazine groups is 1. The van der Waals surface area contributed by atoms with E-state index in [4.69, 9.17) is 0 Å². The van der Waals surface area contributed by atoms with Crippen LogP contribution in [0, 0.1) is 0 Å². The van der Waals surface area contributed by atoms with Crippen molar-refractivity contribution in [1.29, 1.82) is 0 Å². The summed E-state index contributed by atoms with van der Waals surface area (Å²) < 4.78 is 0. The second-order valence-corrected chi connectivity index (χ2v) is 3.78. The zero-order chi connectivity index (χ0) is 9.97. The summed E-state index contributed by atoms with van der Waals surface area (Å²) in [4.78, 5) is 0. The quantitative estimate of drug-likeness (QED) is 0.659. The molecule has 14 heavy (non-hydrogen) atoms. The maximum absolute atomic E-state index is 3.90. The first-order chi connectivity index (χ1) is 6.77. The van der Waals surface area contributed by atoms with Gasteiger partial charge in [-0.2, -0.15) is 0 Å². The van der Waals surface area contributed by atoms with Gasteiger partial charge in [-0.1, -0.05) is 30.9 Å². The lowest BCUT2D eigenvalue weighted by atomic mass is 9.95. The molecule has 0 aromatic heterocycles. The summed E-state index contributed by atoms with van der Waals surface area (Å²) in [6.07, 6.45) is 11.1. The van der Waals surface area contributed by atoms with Crippen molar-refractivity contribution >= 4 is 0 Å². The highest BCUT2D eigenvalue weighted by atomic mass is 15.4. The lowest BCUT2D eigenvalue weighted by molar-refractivity contribution is 0.540. The third kappa shape index (κ3) is 1.80. The molecule has 2 nitrogen and oxygen atoms in total. The van der Waals surface area contributed by atoms with Crippen molar-refractivity contribution in [1.82, 2.24) is 10.9 Å². The Bertz CT molecular complexity index is 334. The minimum absolute atomic E-state index is 0.324. The van der Waals surface area contributed by atoms with Crippen LogP contribution in [0.2, 0.25) is 0 Å². The van der Waals surface area contributed by atoms with E-state index >= 15 is 0 Å².